The first-order valence-corrected chi connectivity index (χ1v) is 9.23. The molecule has 2 aliphatic rings. The van der Waals surface area contributed by atoms with Crippen LogP contribution in [0.1, 0.15) is 39.5 Å². The first-order chi connectivity index (χ1) is 11.6. The maximum Gasteiger partial charge on any atom is 0.312 e. The zero-order valence-electron chi connectivity index (χ0n) is 15.0. The van der Waals surface area contributed by atoms with E-state index in [-0.39, 0.29) is 5.91 Å². The van der Waals surface area contributed by atoms with Crippen LogP contribution in [0.2, 0.25) is 0 Å². The first kappa shape index (κ1) is 19.0. The van der Waals surface area contributed by atoms with Gasteiger partial charge < -0.3 is 20.7 Å². The van der Waals surface area contributed by atoms with Crippen molar-refractivity contribution in [2.45, 2.75) is 51.6 Å². The molecule has 0 saturated carbocycles. The van der Waals surface area contributed by atoms with Crippen LogP contribution in [-0.2, 0) is 9.53 Å². The summed E-state index contributed by atoms with van der Waals surface area (Å²) in [5.41, 5.74) is 5.26. The number of unbranched alkanes of at least 4 members (excludes halogenated alkanes) is 1. The zero-order valence-corrected chi connectivity index (χ0v) is 15.0. The Kier molecular flexibility index (Phi) is 7.30. The van der Waals surface area contributed by atoms with E-state index in [0.717, 1.165) is 58.7 Å². The minimum absolute atomic E-state index is 0.0106. The molecule has 2 heterocycles. The number of nitrogens with two attached hydrogens (primary N) is 1. The van der Waals surface area contributed by atoms with E-state index in [0.29, 0.717) is 18.4 Å². The monoisotopic (exact) mass is 340 g/mol. The molecular weight excluding hydrogens is 308 g/mol. The summed E-state index contributed by atoms with van der Waals surface area (Å²) in [5, 5.41) is 2.63. The molecule has 3 amide bonds. The van der Waals surface area contributed by atoms with Crippen LogP contribution in [0.25, 0.3) is 0 Å². The highest BCUT2D eigenvalue weighted by molar-refractivity contribution is 5.86. The summed E-state index contributed by atoms with van der Waals surface area (Å²) in [5.74, 6) is 0.490. The van der Waals surface area contributed by atoms with E-state index in [2.05, 4.69) is 24.1 Å². The van der Waals surface area contributed by atoms with E-state index in [9.17, 15) is 9.59 Å². The largest absolute Gasteiger partial charge is 0.379 e. The molecule has 2 fully saturated rings. The van der Waals surface area contributed by atoms with Crippen molar-refractivity contribution < 1.29 is 14.3 Å². The molecule has 2 rings (SSSR count). The van der Waals surface area contributed by atoms with Crippen molar-refractivity contribution in [3.05, 3.63) is 0 Å². The maximum atomic E-state index is 12.9. The van der Waals surface area contributed by atoms with Crippen molar-refractivity contribution in [3.63, 3.8) is 0 Å². The second-order valence-corrected chi connectivity index (χ2v) is 6.83. The summed E-state index contributed by atoms with van der Waals surface area (Å²) in [6, 6.07) is -0.730. The average Bonchev–Trinajstić information content (AvgIpc) is 3.02. The van der Waals surface area contributed by atoms with Crippen molar-refractivity contribution in [1.29, 1.82) is 0 Å². The van der Waals surface area contributed by atoms with Gasteiger partial charge in [0, 0.05) is 32.2 Å². The van der Waals surface area contributed by atoms with Crippen LogP contribution >= 0.6 is 0 Å². The third-order valence-electron chi connectivity index (χ3n) is 5.22. The lowest BCUT2D eigenvalue weighted by atomic mass is 9.99. The molecule has 0 aromatic heterocycles. The molecule has 2 aliphatic heterocycles. The van der Waals surface area contributed by atoms with Gasteiger partial charge >= 0.3 is 6.03 Å². The van der Waals surface area contributed by atoms with Crippen molar-refractivity contribution in [1.82, 2.24) is 15.1 Å². The van der Waals surface area contributed by atoms with Gasteiger partial charge in [-0.05, 0) is 12.3 Å². The van der Waals surface area contributed by atoms with Gasteiger partial charge in [0.2, 0.25) is 5.91 Å². The highest BCUT2D eigenvalue weighted by Crippen LogP contribution is 2.26. The van der Waals surface area contributed by atoms with Crippen LogP contribution in [0.5, 0.6) is 0 Å². The second kappa shape index (κ2) is 9.22. The molecule has 2 saturated heterocycles. The molecule has 3 unspecified atom stereocenters. The molecule has 138 valence electrons. The van der Waals surface area contributed by atoms with Gasteiger partial charge in [0.05, 0.1) is 13.2 Å². The van der Waals surface area contributed by atoms with Gasteiger partial charge in [0.15, 0.2) is 0 Å². The summed E-state index contributed by atoms with van der Waals surface area (Å²) in [4.78, 5) is 28.5. The Morgan fingerprint density at radius 3 is 2.54 bits per heavy atom. The number of primary amides is 1. The van der Waals surface area contributed by atoms with Crippen LogP contribution in [-0.4, -0.2) is 73.2 Å². The Hall–Kier alpha value is -1.34. The second-order valence-electron chi connectivity index (χ2n) is 6.83. The molecule has 0 radical (unpaired) electrons. The van der Waals surface area contributed by atoms with Crippen LogP contribution < -0.4 is 11.1 Å². The number of hydrogen-bond donors (Lipinski definition) is 2. The summed E-state index contributed by atoms with van der Waals surface area (Å²) in [6.07, 6.45) is 3.58. The Labute approximate surface area is 144 Å². The van der Waals surface area contributed by atoms with Gasteiger partial charge in [-0.25, -0.2) is 4.79 Å². The van der Waals surface area contributed by atoms with E-state index < -0.39 is 12.1 Å². The first-order valence-electron chi connectivity index (χ1n) is 9.23. The molecule has 0 spiro atoms. The Balaban J connectivity index is 2.00. The smallest absolute Gasteiger partial charge is 0.312 e. The van der Waals surface area contributed by atoms with Crippen molar-refractivity contribution in [3.8, 4) is 0 Å². The summed E-state index contributed by atoms with van der Waals surface area (Å²) < 4.78 is 5.45. The molecule has 3 N–H and O–H groups in total. The maximum absolute atomic E-state index is 12.9. The Morgan fingerprint density at radius 1 is 1.25 bits per heavy atom. The van der Waals surface area contributed by atoms with Gasteiger partial charge in [-0.1, -0.05) is 33.1 Å². The number of nitrogens with zero attached hydrogens (tertiary/aromatic N) is 2. The van der Waals surface area contributed by atoms with Crippen molar-refractivity contribution >= 4 is 11.9 Å². The van der Waals surface area contributed by atoms with Crippen LogP contribution in [0.3, 0.4) is 0 Å². The zero-order chi connectivity index (χ0) is 17.5. The lowest BCUT2D eigenvalue weighted by molar-refractivity contribution is -0.132. The predicted octanol–water partition coefficient (Wildman–Crippen LogP) is 0.783. The third-order valence-corrected chi connectivity index (χ3v) is 5.22. The highest BCUT2D eigenvalue weighted by Gasteiger charge is 2.39. The van der Waals surface area contributed by atoms with Gasteiger partial charge in [0.1, 0.15) is 6.04 Å². The molecule has 7 nitrogen and oxygen atoms in total. The Morgan fingerprint density at radius 2 is 1.96 bits per heavy atom. The molecule has 7 heteroatoms. The fourth-order valence-electron chi connectivity index (χ4n) is 3.82. The predicted molar refractivity (Wildman–Crippen MR) is 92.6 cm³/mol. The summed E-state index contributed by atoms with van der Waals surface area (Å²) in [6.45, 7) is 9.16. The Bertz CT molecular complexity index is 426. The number of likely N-dealkylation sites (tertiary alicyclic amines) is 1. The number of carbonyl (C=O) groups excluding carboxylic acids is 2. The number of hydrogen-bond acceptors (Lipinski definition) is 4. The normalized spacial score (nSPS) is 26.3. The molecule has 24 heavy (non-hydrogen) atoms. The lowest BCUT2D eigenvalue weighted by Crippen LogP contribution is -2.51. The number of nitrogens with one attached hydrogen (secondary N) is 1. The number of urea groups is 1. The molecule has 3 atom stereocenters. The van der Waals surface area contributed by atoms with Crippen LogP contribution in [0, 0.1) is 5.92 Å². The number of morpholine rings is 1. The summed E-state index contributed by atoms with van der Waals surface area (Å²) >= 11 is 0. The number of amides is 3. The van der Waals surface area contributed by atoms with E-state index in [1.165, 1.54) is 0 Å². The van der Waals surface area contributed by atoms with Gasteiger partial charge in [-0.2, -0.15) is 0 Å². The van der Waals surface area contributed by atoms with Gasteiger partial charge in [-0.3, -0.25) is 9.69 Å². The van der Waals surface area contributed by atoms with Crippen LogP contribution in [0.4, 0.5) is 4.79 Å². The minimum atomic E-state index is -0.625. The molecular formula is C17H32N4O3. The third kappa shape index (κ3) is 4.83. The molecule has 0 aliphatic carbocycles. The lowest BCUT2D eigenvalue weighted by Gasteiger charge is -2.34. The van der Waals surface area contributed by atoms with E-state index in [1.54, 1.807) is 0 Å². The number of ether oxygens (including phenoxy) is 1. The minimum Gasteiger partial charge on any atom is -0.379 e. The van der Waals surface area contributed by atoms with Crippen molar-refractivity contribution in [2.24, 2.45) is 11.7 Å². The van der Waals surface area contributed by atoms with Crippen molar-refractivity contribution in [2.75, 3.05) is 39.4 Å². The van der Waals surface area contributed by atoms with Gasteiger partial charge in [0.25, 0.3) is 0 Å². The standard InChI is InChI=1S/C17H32N4O3/c1-3-5-6-14(19-17(18)23)16(22)21-11-13(4-2)15(12-21)20-7-9-24-10-8-20/h13-15H,3-12H2,1-2H3,(H3,18,19,23). The molecule has 0 bridgehead atoms. The fourth-order valence-corrected chi connectivity index (χ4v) is 3.82. The fraction of sp³-hybridized carbons (Fsp3) is 0.882. The molecule has 0 aromatic carbocycles. The average molecular weight is 340 g/mol. The molecule has 0 aromatic rings. The van der Waals surface area contributed by atoms with E-state index in [1.807, 2.05) is 4.90 Å². The topological polar surface area (TPSA) is 87.9 Å². The van der Waals surface area contributed by atoms with Gasteiger partial charge in [-0.15, -0.1) is 0 Å². The SMILES string of the molecule is CCCCC(NC(N)=O)C(=O)N1CC(CC)C(N2CCOCC2)C1. The number of rotatable bonds is 7. The quantitative estimate of drug-likeness (QED) is 0.717. The van der Waals surface area contributed by atoms with Crippen LogP contribution in [0.15, 0.2) is 0 Å². The summed E-state index contributed by atoms with van der Waals surface area (Å²) in [7, 11) is 0. The highest BCUT2D eigenvalue weighted by atomic mass is 16.5. The van der Waals surface area contributed by atoms with E-state index >= 15 is 0 Å². The number of carbonyl (C=O) groups is 2. The van der Waals surface area contributed by atoms with E-state index in [4.69, 9.17) is 10.5 Å².